The highest BCUT2D eigenvalue weighted by molar-refractivity contribution is 7.89. The summed E-state index contributed by atoms with van der Waals surface area (Å²) in [6.07, 6.45) is 0. The molecule has 1 atom stereocenters. The molecule has 124 valence electrons. The average molecular weight is 329 g/mol. The number of benzene rings is 1. The van der Waals surface area contributed by atoms with E-state index in [4.69, 9.17) is 9.47 Å². The number of hydrogen-bond acceptors (Lipinski definition) is 5. The van der Waals surface area contributed by atoms with Crippen molar-refractivity contribution >= 4 is 16.0 Å². The lowest BCUT2D eigenvalue weighted by atomic mass is 9.87. The molecule has 0 saturated heterocycles. The largest absolute Gasteiger partial charge is 0.468 e. The summed E-state index contributed by atoms with van der Waals surface area (Å²) in [5.41, 5.74) is 0.111. The van der Waals surface area contributed by atoms with Gasteiger partial charge in [-0.15, -0.1) is 0 Å². The molecular weight excluding hydrogens is 306 g/mol. The number of esters is 1. The van der Waals surface area contributed by atoms with Crippen molar-refractivity contribution in [2.45, 2.75) is 38.3 Å². The maximum Gasteiger partial charge on any atom is 0.324 e. The van der Waals surface area contributed by atoms with Crippen LogP contribution in [0.1, 0.15) is 26.3 Å². The van der Waals surface area contributed by atoms with Gasteiger partial charge in [-0.25, -0.2) is 8.42 Å². The first-order valence-electron chi connectivity index (χ1n) is 6.80. The van der Waals surface area contributed by atoms with Gasteiger partial charge in [-0.05, 0) is 23.1 Å². The molecule has 0 aliphatic heterocycles. The van der Waals surface area contributed by atoms with Crippen molar-refractivity contribution in [1.29, 1.82) is 0 Å². The number of sulfonamides is 1. The van der Waals surface area contributed by atoms with Crippen molar-refractivity contribution in [1.82, 2.24) is 4.72 Å². The standard InChI is InChI=1S/C15H23NO5S/c1-15(2,3)13(14(17)21-5)16-22(18,19)12-8-6-7-11(9-12)10-20-4/h6-9,13,16H,10H2,1-5H3/t13-/m1/s1. The number of hydrogen-bond donors (Lipinski definition) is 1. The Morgan fingerprint density at radius 2 is 1.91 bits per heavy atom. The van der Waals surface area contributed by atoms with E-state index in [0.29, 0.717) is 6.61 Å². The van der Waals surface area contributed by atoms with Crippen LogP contribution < -0.4 is 4.72 Å². The summed E-state index contributed by atoms with van der Waals surface area (Å²) in [4.78, 5) is 12.0. The van der Waals surface area contributed by atoms with E-state index >= 15 is 0 Å². The highest BCUT2D eigenvalue weighted by Gasteiger charge is 2.36. The minimum absolute atomic E-state index is 0.0835. The van der Waals surface area contributed by atoms with Crippen LogP contribution in [0.2, 0.25) is 0 Å². The van der Waals surface area contributed by atoms with Gasteiger partial charge in [-0.1, -0.05) is 32.9 Å². The second-order valence-corrected chi connectivity index (χ2v) is 7.74. The smallest absolute Gasteiger partial charge is 0.324 e. The van der Waals surface area contributed by atoms with Gasteiger partial charge in [0.2, 0.25) is 10.0 Å². The van der Waals surface area contributed by atoms with Gasteiger partial charge in [0.25, 0.3) is 0 Å². The average Bonchev–Trinajstić information content (AvgIpc) is 2.43. The summed E-state index contributed by atoms with van der Waals surface area (Å²) in [7, 11) is -1.08. The Hall–Kier alpha value is -1.44. The molecule has 0 aromatic heterocycles. The third-order valence-corrected chi connectivity index (χ3v) is 4.52. The normalized spacial score (nSPS) is 13.7. The summed E-state index contributed by atoms with van der Waals surface area (Å²) in [5, 5.41) is 0. The van der Waals surface area contributed by atoms with Gasteiger partial charge in [-0.2, -0.15) is 4.72 Å². The summed E-state index contributed by atoms with van der Waals surface area (Å²) in [6.45, 7) is 5.60. The topological polar surface area (TPSA) is 81.7 Å². The van der Waals surface area contributed by atoms with Gasteiger partial charge in [0.05, 0.1) is 18.6 Å². The van der Waals surface area contributed by atoms with E-state index in [1.165, 1.54) is 26.4 Å². The Bertz CT molecular complexity index is 619. The SMILES string of the molecule is COCc1cccc(S(=O)(=O)N[C@H](C(=O)OC)C(C)(C)C)c1. The molecule has 1 aromatic carbocycles. The Morgan fingerprint density at radius 1 is 1.27 bits per heavy atom. The number of rotatable bonds is 6. The molecule has 6 nitrogen and oxygen atoms in total. The van der Waals surface area contributed by atoms with E-state index < -0.39 is 27.4 Å². The van der Waals surface area contributed by atoms with E-state index in [0.717, 1.165) is 5.56 Å². The van der Waals surface area contributed by atoms with Crippen LogP contribution in [-0.2, 0) is 30.9 Å². The lowest BCUT2D eigenvalue weighted by Crippen LogP contribution is -2.49. The Balaban J connectivity index is 3.12. The van der Waals surface area contributed by atoms with Gasteiger partial charge in [0.15, 0.2) is 0 Å². The van der Waals surface area contributed by atoms with Crippen LogP contribution >= 0.6 is 0 Å². The zero-order chi connectivity index (χ0) is 17.0. The fourth-order valence-corrected chi connectivity index (χ4v) is 3.35. The molecule has 0 aliphatic rings. The lowest BCUT2D eigenvalue weighted by Gasteiger charge is -2.28. The van der Waals surface area contributed by atoms with Gasteiger partial charge in [-0.3, -0.25) is 4.79 Å². The minimum atomic E-state index is -3.84. The number of nitrogens with one attached hydrogen (secondary N) is 1. The maximum absolute atomic E-state index is 12.5. The van der Waals surface area contributed by atoms with Crippen LogP contribution in [0.3, 0.4) is 0 Å². The summed E-state index contributed by atoms with van der Waals surface area (Å²) < 4.78 is 37.1. The Morgan fingerprint density at radius 3 is 2.41 bits per heavy atom. The van der Waals surface area contributed by atoms with Crippen molar-refractivity contribution in [3.63, 3.8) is 0 Å². The molecule has 7 heteroatoms. The van der Waals surface area contributed by atoms with Crippen LogP contribution in [0, 0.1) is 5.41 Å². The molecule has 0 unspecified atom stereocenters. The molecular formula is C15H23NO5S. The number of carbonyl (C=O) groups excluding carboxylic acids is 1. The fraction of sp³-hybridized carbons (Fsp3) is 0.533. The van der Waals surface area contributed by atoms with Gasteiger partial charge < -0.3 is 9.47 Å². The number of methoxy groups -OCH3 is 2. The molecule has 0 heterocycles. The zero-order valence-corrected chi connectivity index (χ0v) is 14.4. The third kappa shape index (κ3) is 4.79. The van der Waals surface area contributed by atoms with E-state index in [-0.39, 0.29) is 4.90 Å². The summed E-state index contributed by atoms with van der Waals surface area (Å²) >= 11 is 0. The van der Waals surface area contributed by atoms with Crippen molar-refractivity contribution < 1.29 is 22.7 Å². The van der Waals surface area contributed by atoms with Gasteiger partial charge in [0.1, 0.15) is 6.04 Å². The molecule has 0 spiro atoms. The Labute approximate surface area is 131 Å². The molecule has 0 amide bonds. The third-order valence-electron chi connectivity index (χ3n) is 3.10. The molecule has 0 fully saturated rings. The first-order chi connectivity index (χ1) is 10.1. The number of ether oxygens (including phenoxy) is 2. The second-order valence-electron chi connectivity index (χ2n) is 6.02. The molecule has 0 saturated carbocycles. The number of carbonyl (C=O) groups is 1. The first-order valence-corrected chi connectivity index (χ1v) is 8.28. The highest BCUT2D eigenvalue weighted by atomic mass is 32.2. The van der Waals surface area contributed by atoms with Crippen LogP contribution in [0.4, 0.5) is 0 Å². The van der Waals surface area contributed by atoms with Gasteiger partial charge in [0, 0.05) is 7.11 Å². The van der Waals surface area contributed by atoms with E-state index in [1.807, 2.05) is 0 Å². The van der Waals surface area contributed by atoms with E-state index in [2.05, 4.69) is 4.72 Å². The molecule has 0 radical (unpaired) electrons. The highest BCUT2D eigenvalue weighted by Crippen LogP contribution is 2.23. The second kappa shape index (κ2) is 7.21. The molecule has 0 aliphatic carbocycles. The van der Waals surface area contributed by atoms with Crippen LogP contribution in [-0.4, -0.2) is 34.6 Å². The minimum Gasteiger partial charge on any atom is -0.468 e. The predicted octanol–water partition coefficient (Wildman–Crippen LogP) is 1.70. The van der Waals surface area contributed by atoms with Crippen molar-refractivity contribution in [3.8, 4) is 0 Å². The van der Waals surface area contributed by atoms with Crippen LogP contribution in [0.15, 0.2) is 29.2 Å². The van der Waals surface area contributed by atoms with Crippen molar-refractivity contribution in [2.24, 2.45) is 5.41 Å². The van der Waals surface area contributed by atoms with E-state index in [9.17, 15) is 13.2 Å². The van der Waals surface area contributed by atoms with Crippen LogP contribution in [0.25, 0.3) is 0 Å². The molecule has 0 bridgehead atoms. The summed E-state index contributed by atoms with van der Waals surface area (Å²) in [5.74, 6) is -0.621. The van der Waals surface area contributed by atoms with Gasteiger partial charge >= 0.3 is 5.97 Å². The molecule has 1 rings (SSSR count). The maximum atomic E-state index is 12.5. The quantitative estimate of drug-likeness (QED) is 0.803. The zero-order valence-electron chi connectivity index (χ0n) is 13.5. The van der Waals surface area contributed by atoms with Crippen LogP contribution in [0.5, 0.6) is 0 Å². The predicted molar refractivity (Wildman–Crippen MR) is 82.7 cm³/mol. The monoisotopic (exact) mass is 329 g/mol. The fourth-order valence-electron chi connectivity index (χ4n) is 1.89. The molecule has 22 heavy (non-hydrogen) atoms. The van der Waals surface area contributed by atoms with Crippen molar-refractivity contribution in [3.05, 3.63) is 29.8 Å². The summed E-state index contributed by atoms with van der Waals surface area (Å²) in [6, 6.07) is 5.41. The van der Waals surface area contributed by atoms with E-state index in [1.54, 1.807) is 32.9 Å². The lowest BCUT2D eigenvalue weighted by molar-refractivity contribution is -0.145. The molecule has 1 aromatic rings. The first kappa shape index (κ1) is 18.6. The molecule has 1 N–H and O–H groups in total. The Kier molecular flexibility index (Phi) is 6.10. The van der Waals surface area contributed by atoms with Crippen molar-refractivity contribution in [2.75, 3.05) is 14.2 Å².